The number of esters is 1. The molecule has 1 aliphatic carbocycles. The lowest BCUT2D eigenvalue weighted by Crippen LogP contribution is -2.50. The number of fused-ring (bicyclic) bond motifs is 1. The topological polar surface area (TPSA) is 83.8 Å². The number of carbonyl (C=O) groups is 2. The van der Waals surface area contributed by atoms with Crippen molar-refractivity contribution in [2.24, 2.45) is 17.8 Å². The molecule has 0 aromatic rings. The summed E-state index contributed by atoms with van der Waals surface area (Å²) in [4.78, 5) is 23.9. The van der Waals surface area contributed by atoms with Crippen molar-refractivity contribution in [1.29, 1.82) is 0 Å². The first kappa shape index (κ1) is 15.4. The maximum absolute atomic E-state index is 12.2. The van der Waals surface area contributed by atoms with Gasteiger partial charge in [-0.15, -0.1) is 0 Å². The molecule has 0 bridgehead atoms. The minimum absolute atomic E-state index is 0.0791. The van der Waals surface area contributed by atoms with Gasteiger partial charge >= 0.3 is 5.97 Å². The molecule has 114 valence electrons. The minimum atomic E-state index is -1.30. The van der Waals surface area contributed by atoms with Crippen molar-refractivity contribution in [3.63, 3.8) is 0 Å². The molecule has 5 nitrogen and oxygen atoms in total. The van der Waals surface area contributed by atoms with Crippen LogP contribution in [0.3, 0.4) is 0 Å². The first-order valence-corrected chi connectivity index (χ1v) is 7.37. The van der Waals surface area contributed by atoms with E-state index in [0.717, 1.165) is 0 Å². The predicted molar refractivity (Wildman–Crippen MR) is 71.8 cm³/mol. The van der Waals surface area contributed by atoms with Gasteiger partial charge in [-0.05, 0) is 26.2 Å². The van der Waals surface area contributed by atoms with Gasteiger partial charge in [0, 0.05) is 18.3 Å². The lowest BCUT2D eigenvalue weighted by atomic mass is 9.76. The molecule has 0 aromatic heterocycles. The van der Waals surface area contributed by atoms with Gasteiger partial charge in [-0.2, -0.15) is 0 Å². The van der Waals surface area contributed by atoms with Crippen LogP contribution in [-0.4, -0.2) is 39.8 Å². The van der Waals surface area contributed by atoms with Gasteiger partial charge in [0.25, 0.3) is 0 Å². The lowest BCUT2D eigenvalue weighted by molar-refractivity contribution is -0.161. The minimum Gasteiger partial charge on any atom is -0.459 e. The number of ether oxygens (including phenoxy) is 1. The zero-order valence-corrected chi connectivity index (χ0v) is 12.3. The van der Waals surface area contributed by atoms with Gasteiger partial charge in [0.2, 0.25) is 0 Å². The van der Waals surface area contributed by atoms with Crippen LogP contribution in [0.1, 0.15) is 46.5 Å². The largest absolute Gasteiger partial charge is 0.459 e. The summed E-state index contributed by atoms with van der Waals surface area (Å²) in [6, 6.07) is 0. The second-order valence-corrected chi connectivity index (χ2v) is 6.62. The fraction of sp³-hybridized carbons (Fsp3) is 0.867. The highest BCUT2D eigenvalue weighted by Crippen LogP contribution is 2.38. The van der Waals surface area contributed by atoms with E-state index in [1.54, 1.807) is 13.8 Å². The summed E-state index contributed by atoms with van der Waals surface area (Å²) in [6.07, 6.45) is 0.0387. The molecule has 2 N–H and O–H groups in total. The van der Waals surface area contributed by atoms with Crippen LogP contribution < -0.4 is 0 Å². The van der Waals surface area contributed by atoms with E-state index in [4.69, 9.17) is 4.74 Å². The van der Waals surface area contributed by atoms with Crippen molar-refractivity contribution in [2.75, 3.05) is 0 Å². The number of aliphatic hydroxyl groups is 2. The van der Waals surface area contributed by atoms with Crippen molar-refractivity contribution >= 4 is 11.8 Å². The van der Waals surface area contributed by atoms with E-state index in [9.17, 15) is 19.8 Å². The number of hydrogen-bond acceptors (Lipinski definition) is 5. The van der Waals surface area contributed by atoms with E-state index >= 15 is 0 Å². The molecular formula is C15H24O5. The van der Waals surface area contributed by atoms with E-state index < -0.39 is 29.7 Å². The van der Waals surface area contributed by atoms with Gasteiger partial charge in [0.05, 0.1) is 11.5 Å². The average Bonchev–Trinajstić information content (AvgIpc) is 2.64. The number of rotatable bonds is 0. The summed E-state index contributed by atoms with van der Waals surface area (Å²) in [5.74, 6) is -1.13. The normalized spacial score (nSPS) is 46.8. The van der Waals surface area contributed by atoms with Gasteiger partial charge < -0.3 is 14.9 Å². The molecule has 0 radical (unpaired) electrons. The summed E-state index contributed by atoms with van der Waals surface area (Å²) in [7, 11) is 0. The molecule has 0 amide bonds. The number of ketones is 1. The van der Waals surface area contributed by atoms with E-state index in [1.807, 2.05) is 6.92 Å². The van der Waals surface area contributed by atoms with Crippen LogP contribution in [0.25, 0.3) is 0 Å². The zero-order valence-electron chi connectivity index (χ0n) is 12.3. The van der Waals surface area contributed by atoms with Crippen molar-refractivity contribution in [3.8, 4) is 0 Å². The third kappa shape index (κ3) is 2.74. The molecule has 20 heavy (non-hydrogen) atoms. The van der Waals surface area contributed by atoms with Gasteiger partial charge in [-0.1, -0.05) is 13.8 Å². The Morgan fingerprint density at radius 2 is 1.95 bits per heavy atom. The first-order chi connectivity index (χ1) is 9.24. The third-order valence-corrected chi connectivity index (χ3v) is 4.94. The van der Waals surface area contributed by atoms with Crippen molar-refractivity contribution in [2.45, 2.75) is 64.3 Å². The van der Waals surface area contributed by atoms with Crippen LogP contribution in [0.15, 0.2) is 0 Å². The molecule has 1 heterocycles. The first-order valence-electron chi connectivity index (χ1n) is 7.37. The average molecular weight is 284 g/mol. The van der Waals surface area contributed by atoms with Gasteiger partial charge in [0.15, 0.2) is 0 Å². The number of hydrogen-bond donors (Lipinski definition) is 2. The highest BCUT2D eigenvalue weighted by Gasteiger charge is 2.51. The molecule has 2 rings (SSSR count). The lowest BCUT2D eigenvalue weighted by Gasteiger charge is -2.36. The Morgan fingerprint density at radius 1 is 1.30 bits per heavy atom. The number of Topliss-reactive ketones (excluding diaryl/α,β-unsaturated/α-hetero) is 1. The quantitative estimate of drug-likeness (QED) is 0.650. The van der Waals surface area contributed by atoms with Crippen LogP contribution >= 0.6 is 0 Å². The highest BCUT2D eigenvalue weighted by atomic mass is 16.6. The van der Waals surface area contributed by atoms with Crippen LogP contribution in [0, 0.1) is 17.8 Å². The molecule has 6 atom stereocenters. The summed E-state index contributed by atoms with van der Waals surface area (Å²) in [5.41, 5.74) is -1.30. The second-order valence-electron chi connectivity index (χ2n) is 6.62. The van der Waals surface area contributed by atoms with Crippen LogP contribution in [0.4, 0.5) is 0 Å². The summed E-state index contributed by atoms with van der Waals surface area (Å²) < 4.78 is 5.24. The Labute approximate surface area is 119 Å². The molecule has 1 aliphatic heterocycles. The molecule has 0 spiro atoms. The molecule has 5 heteroatoms. The molecule has 2 fully saturated rings. The van der Waals surface area contributed by atoms with Crippen molar-refractivity contribution < 1.29 is 24.5 Å². The zero-order chi connectivity index (χ0) is 15.1. The fourth-order valence-electron chi connectivity index (χ4n) is 3.24. The molecule has 1 saturated carbocycles. The predicted octanol–water partition coefficient (Wildman–Crippen LogP) is 1.06. The van der Waals surface area contributed by atoms with Crippen LogP contribution in [-0.2, 0) is 14.3 Å². The molecule has 0 aromatic carbocycles. The monoisotopic (exact) mass is 284 g/mol. The summed E-state index contributed by atoms with van der Waals surface area (Å²) in [6.45, 7) is 5.17. The van der Waals surface area contributed by atoms with Crippen molar-refractivity contribution in [3.05, 3.63) is 0 Å². The van der Waals surface area contributed by atoms with Gasteiger partial charge in [0.1, 0.15) is 18.0 Å². The van der Waals surface area contributed by atoms with Crippen LogP contribution in [0.2, 0.25) is 0 Å². The van der Waals surface area contributed by atoms with Crippen LogP contribution in [0.5, 0.6) is 0 Å². The van der Waals surface area contributed by atoms with E-state index in [1.165, 1.54) is 0 Å². The number of aliphatic hydroxyl groups excluding tert-OH is 1. The molecular weight excluding hydrogens is 260 g/mol. The van der Waals surface area contributed by atoms with E-state index in [-0.39, 0.29) is 24.0 Å². The Bertz CT molecular complexity index is 403. The Hall–Kier alpha value is -0.940. The van der Waals surface area contributed by atoms with E-state index in [2.05, 4.69) is 0 Å². The molecule has 1 saturated heterocycles. The number of carbonyl (C=O) groups excluding carboxylic acids is 2. The van der Waals surface area contributed by atoms with Gasteiger partial charge in [-0.3, -0.25) is 9.59 Å². The summed E-state index contributed by atoms with van der Waals surface area (Å²) >= 11 is 0. The molecule has 2 aliphatic rings. The van der Waals surface area contributed by atoms with Crippen molar-refractivity contribution in [1.82, 2.24) is 0 Å². The fourth-order valence-corrected chi connectivity index (χ4v) is 3.24. The third-order valence-electron chi connectivity index (χ3n) is 4.94. The highest BCUT2D eigenvalue weighted by molar-refractivity contribution is 5.83. The van der Waals surface area contributed by atoms with E-state index in [0.29, 0.717) is 19.3 Å². The standard InChI is InChI=1S/C15H24O5/c1-8-5-4-6-15(3,19)13(17)12-10(7-11(8)16)9(2)14(18)20-12/h8-10,12-13,17,19H,4-7H2,1-3H3/t8-,9+,10+,12+,13-,15+/m1/s1. The van der Waals surface area contributed by atoms with Gasteiger partial charge in [-0.25, -0.2) is 0 Å². The Morgan fingerprint density at radius 3 is 2.60 bits per heavy atom. The maximum atomic E-state index is 12.2. The SMILES string of the molecule is C[C@@H]1CCC[C@](C)(O)[C@H](O)[C@H]2OC(=O)[C@@H](C)[C@@H]2CC1=O. The molecule has 0 unspecified atom stereocenters. The Balaban J connectivity index is 2.30. The smallest absolute Gasteiger partial charge is 0.309 e. The summed E-state index contributed by atoms with van der Waals surface area (Å²) in [5, 5.41) is 20.8. The Kier molecular flexibility index (Phi) is 4.21. The maximum Gasteiger partial charge on any atom is 0.309 e. The second kappa shape index (κ2) is 5.45.